The zero-order chi connectivity index (χ0) is 17.2. The van der Waals surface area contributed by atoms with Gasteiger partial charge in [-0.25, -0.2) is 9.67 Å². The zero-order valence-corrected chi connectivity index (χ0v) is 14.7. The largest absolute Gasteiger partial charge is 0.268 e. The van der Waals surface area contributed by atoms with Crippen molar-refractivity contribution in [3.63, 3.8) is 0 Å². The highest BCUT2D eigenvalue weighted by molar-refractivity contribution is 7.16. The van der Waals surface area contributed by atoms with Crippen molar-refractivity contribution in [2.75, 3.05) is 0 Å². The van der Waals surface area contributed by atoms with Crippen molar-refractivity contribution in [1.29, 1.82) is 0 Å². The highest BCUT2D eigenvalue weighted by Crippen LogP contribution is 2.24. The summed E-state index contributed by atoms with van der Waals surface area (Å²) >= 11 is 1.61. The number of fused-ring (bicyclic) bond motifs is 1. The van der Waals surface area contributed by atoms with Gasteiger partial charge in [0.1, 0.15) is 0 Å². The first-order valence-electron chi connectivity index (χ1n) is 8.22. The number of hydrogen-bond donors (Lipinski definition) is 0. The Morgan fingerprint density at radius 3 is 2.60 bits per heavy atom. The second kappa shape index (κ2) is 6.61. The molecule has 0 bridgehead atoms. The summed E-state index contributed by atoms with van der Waals surface area (Å²) in [7, 11) is 0. The molecule has 0 fully saturated rings. The monoisotopic (exact) mass is 347 g/mol. The van der Waals surface area contributed by atoms with Crippen LogP contribution in [-0.2, 0) is 13.0 Å². The van der Waals surface area contributed by atoms with Crippen molar-refractivity contribution >= 4 is 21.6 Å². The molecule has 0 unspecified atom stereocenters. The van der Waals surface area contributed by atoms with Crippen molar-refractivity contribution in [2.45, 2.75) is 19.9 Å². The number of aryl methyl sites for hydroxylation is 1. The Bertz CT molecular complexity index is 1080. The minimum atomic E-state index is -0.0990. The number of thiazole rings is 1. The molecular weight excluding hydrogens is 330 g/mol. The van der Waals surface area contributed by atoms with Gasteiger partial charge in [0.25, 0.3) is 5.56 Å². The fraction of sp³-hybridized carbons (Fsp3) is 0.150. The van der Waals surface area contributed by atoms with Crippen molar-refractivity contribution in [1.82, 2.24) is 14.8 Å². The smallest absolute Gasteiger partial charge is 0.267 e. The van der Waals surface area contributed by atoms with E-state index in [1.165, 1.54) is 10.2 Å². The lowest BCUT2D eigenvalue weighted by atomic mass is 10.1. The van der Waals surface area contributed by atoms with E-state index >= 15 is 0 Å². The van der Waals surface area contributed by atoms with Gasteiger partial charge in [0.05, 0.1) is 28.0 Å². The van der Waals surface area contributed by atoms with Gasteiger partial charge in [-0.1, -0.05) is 37.3 Å². The topological polar surface area (TPSA) is 47.8 Å². The van der Waals surface area contributed by atoms with Gasteiger partial charge in [-0.2, -0.15) is 5.10 Å². The molecule has 5 heteroatoms. The lowest BCUT2D eigenvalue weighted by molar-refractivity contribution is 0.642. The van der Waals surface area contributed by atoms with E-state index < -0.39 is 0 Å². The number of benzene rings is 2. The molecule has 0 aliphatic heterocycles. The Hall–Kier alpha value is -2.79. The van der Waals surface area contributed by atoms with E-state index in [-0.39, 0.29) is 5.56 Å². The highest BCUT2D eigenvalue weighted by Gasteiger charge is 2.06. The molecule has 0 radical (unpaired) electrons. The molecule has 4 nitrogen and oxygen atoms in total. The molecule has 0 spiro atoms. The number of hydrogen-bond acceptors (Lipinski definition) is 4. The predicted octanol–water partition coefficient (Wildman–Crippen LogP) is 4.13. The van der Waals surface area contributed by atoms with Gasteiger partial charge in [0, 0.05) is 11.6 Å². The lowest BCUT2D eigenvalue weighted by Crippen LogP contribution is -2.22. The lowest BCUT2D eigenvalue weighted by Gasteiger charge is -2.08. The van der Waals surface area contributed by atoms with Crippen molar-refractivity contribution < 1.29 is 0 Å². The van der Waals surface area contributed by atoms with Gasteiger partial charge in [-0.15, -0.1) is 11.3 Å². The third-order valence-corrected chi connectivity index (χ3v) is 5.07. The number of rotatable bonds is 4. The summed E-state index contributed by atoms with van der Waals surface area (Å²) in [5.41, 5.74) is 6.79. The molecule has 0 amide bonds. The van der Waals surface area contributed by atoms with E-state index in [9.17, 15) is 4.79 Å². The van der Waals surface area contributed by atoms with Crippen LogP contribution in [0.3, 0.4) is 0 Å². The van der Waals surface area contributed by atoms with Crippen LogP contribution in [0.2, 0.25) is 0 Å². The molecule has 2 heterocycles. The Balaban J connectivity index is 1.68. The van der Waals surface area contributed by atoms with Gasteiger partial charge < -0.3 is 0 Å². The molecule has 4 aromatic rings. The molecule has 0 saturated heterocycles. The van der Waals surface area contributed by atoms with Crippen LogP contribution in [0.5, 0.6) is 0 Å². The van der Waals surface area contributed by atoms with Crippen LogP contribution in [0.25, 0.3) is 21.5 Å². The van der Waals surface area contributed by atoms with Crippen molar-refractivity contribution in [2.24, 2.45) is 0 Å². The molecule has 4 rings (SSSR count). The molecule has 124 valence electrons. The van der Waals surface area contributed by atoms with E-state index in [0.29, 0.717) is 6.54 Å². The average molecular weight is 347 g/mol. The van der Waals surface area contributed by atoms with E-state index in [1.54, 1.807) is 23.5 Å². The minimum absolute atomic E-state index is 0.0990. The quantitative estimate of drug-likeness (QED) is 0.558. The second-order valence-electron chi connectivity index (χ2n) is 5.92. The summed E-state index contributed by atoms with van der Waals surface area (Å²) in [4.78, 5) is 16.5. The Kier molecular flexibility index (Phi) is 4.15. The SMILES string of the molecule is CCc1ccc(Cn2nc(-c3ccc4scnc4c3)ccc2=O)cc1. The predicted molar refractivity (Wildman–Crippen MR) is 102 cm³/mol. The third-order valence-electron chi connectivity index (χ3n) is 4.26. The summed E-state index contributed by atoms with van der Waals surface area (Å²) in [5, 5.41) is 4.55. The van der Waals surface area contributed by atoms with Crippen LogP contribution in [-0.4, -0.2) is 14.8 Å². The Labute approximate surface area is 149 Å². The van der Waals surface area contributed by atoms with E-state index in [2.05, 4.69) is 41.3 Å². The first kappa shape index (κ1) is 15.7. The maximum absolute atomic E-state index is 12.2. The summed E-state index contributed by atoms with van der Waals surface area (Å²) in [6, 6.07) is 17.7. The van der Waals surface area contributed by atoms with Gasteiger partial charge >= 0.3 is 0 Å². The maximum atomic E-state index is 12.2. The fourth-order valence-electron chi connectivity index (χ4n) is 2.79. The normalized spacial score (nSPS) is 11.1. The van der Waals surface area contributed by atoms with Crippen LogP contribution < -0.4 is 5.56 Å². The van der Waals surface area contributed by atoms with Crippen molar-refractivity contribution in [3.05, 3.63) is 81.6 Å². The van der Waals surface area contributed by atoms with Crippen LogP contribution >= 0.6 is 11.3 Å². The van der Waals surface area contributed by atoms with Gasteiger partial charge in [-0.3, -0.25) is 4.79 Å². The molecule has 25 heavy (non-hydrogen) atoms. The summed E-state index contributed by atoms with van der Waals surface area (Å²) in [6.07, 6.45) is 1.01. The average Bonchev–Trinajstić information content (AvgIpc) is 3.12. The summed E-state index contributed by atoms with van der Waals surface area (Å²) in [6.45, 7) is 2.60. The zero-order valence-electron chi connectivity index (χ0n) is 13.8. The molecule has 0 saturated carbocycles. The molecule has 0 N–H and O–H groups in total. The number of nitrogens with zero attached hydrogens (tertiary/aromatic N) is 3. The van der Waals surface area contributed by atoms with E-state index in [4.69, 9.17) is 0 Å². The summed E-state index contributed by atoms with van der Waals surface area (Å²) < 4.78 is 2.66. The second-order valence-corrected chi connectivity index (χ2v) is 6.81. The number of aromatic nitrogens is 3. The molecule has 0 atom stereocenters. The first-order valence-corrected chi connectivity index (χ1v) is 9.10. The summed E-state index contributed by atoms with van der Waals surface area (Å²) in [5.74, 6) is 0. The molecular formula is C20H17N3OS. The van der Waals surface area contributed by atoms with Crippen LogP contribution in [0.4, 0.5) is 0 Å². The van der Waals surface area contributed by atoms with Crippen molar-refractivity contribution in [3.8, 4) is 11.3 Å². The first-order chi connectivity index (χ1) is 12.2. The standard InChI is InChI=1S/C20H17N3OS/c1-2-14-3-5-15(6-4-14)12-23-20(24)10-8-17(22-23)16-7-9-19-18(11-16)21-13-25-19/h3-11,13H,2,12H2,1H3. The van der Waals surface area contributed by atoms with Gasteiger partial charge in [0.15, 0.2) is 0 Å². The Morgan fingerprint density at radius 1 is 1.00 bits per heavy atom. The third kappa shape index (κ3) is 3.23. The maximum Gasteiger partial charge on any atom is 0.267 e. The molecule has 0 aliphatic rings. The minimum Gasteiger partial charge on any atom is -0.268 e. The van der Waals surface area contributed by atoms with Crippen LogP contribution in [0.15, 0.2) is 64.9 Å². The van der Waals surface area contributed by atoms with Gasteiger partial charge in [0.2, 0.25) is 0 Å². The fourth-order valence-corrected chi connectivity index (χ4v) is 3.45. The van der Waals surface area contributed by atoms with E-state index in [1.807, 2.05) is 23.7 Å². The molecule has 0 aliphatic carbocycles. The van der Waals surface area contributed by atoms with E-state index in [0.717, 1.165) is 33.5 Å². The van der Waals surface area contributed by atoms with Gasteiger partial charge in [-0.05, 0) is 35.7 Å². The van der Waals surface area contributed by atoms with Crippen LogP contribution in [0.1, 0.15) is 18.1 Å². The van der Waals surface area contributed by atoms with Crippen LogP contribution in [0, 0.1) is 0 Å². The molecule has 2 aromatic carbocycles. The molecule has 2 aromatic heterocycles. The Morgan fingerprint density at radius 2 is 1.80 bits per heavy atom. The highest BCUT2D eigenvalue weighted by atomic mass is 32.1.